The first-order valence-electron chi connectivity index (χ1n) is 9.68. The van der Waals surface area contributed by atoms with Crippen molar-refractivity contribution < 1.29 is 28.7 Å². The largest absolute Gasteiger partial charge is 0.521 e. The highest BCUT2D eigenvalue weighted by atomic mass is 32.2. The molecule has 0 radical (unpaired) electrons. The first-order chi connectivity index (χ1) is 13.7. The maximum atomic E-state index is 13.1. The number of carbonyl (C=O) groups is 3. The summed E-state index contributed by atoms with van der Waals surface area (Å²) >= 11 is 1.05. The molecule has 1 aliphatic heterocycles. The third kappa shape index (κ3) is 4.31. The van der Waals surface area contributed by atoms with E-state index in [4.69, 9.17) is 4.74 Å². The third-order valence-corrected chi connectivity index (χ3v) is 6.64. The number of likely N-dealkylation sites (tertiary alicyclic amines) is 1. The quantitative estimate of drug-likeness (QED) is 0.732. The lowest BCUT2D eigenvalue weighted by Crippen LogP contribution is -2.61. The fourth-order valence-corrected chi connectivity index (χ4v) is 4.66. The Morgan fingerprint density at radius 1 is 1.21 bits per heavy atom. The molecule has 7 heteroatoms. The first-order valence-corrected chi connectivity index (χ1v) is 10.7. The van der Waals surface area contributed by atoms with Crippen LogP contribution in [-0.4, -0.2) is 51.1 Å². The molecule has 29 heavy (non-hydrogen) atoms. The van der Waals surface area contributed by atoms with Crippen molar-refractivity contribution in [2.45, 2.75) is 39.3 Å². The highest BCUT2D eigenvalue weighted by Gasteiger charge is 2.58. The molecular weight excluding hydrogens is 390 g/mol. The lowest BCUT2D eigenvalue weighted by molar-refractivity contribution is -0.795. The van der Waals surface area contributed by atoms with Gasteiger partial charge in [-0.25, -0.2) is 4.79 Å². The van der Waals surface area contributed by atoms with E-state index in [1.165, 1.54) is 6.92 Å². The van der Waals surface area contributed by atoms with Gasteiger partial charge in [-0.05, 0) is 36.8 Å². The minimum atomic E-state index is -1.16. The zero-order chi connectivity index (χ0) is 21.2. The van der Waals surface area contributed by atoms with Crippen molar-refractivity contribution >= 4 is 39.7 Å². The van der Waals surface area contributed by atoms with Gasteiger partial charge in [0, 0.05) is 19.1 Å². The molecule has 1 unspecified atom stereocenters. The molecule has 0 aromatic heterocycles. The number of fused-ring (bicyclic) bond motifs is 1. The predicted octanol–water partition coefficient (Wildman–Crippen LogP) is 4.32. The van der Waals surface area contributed by atoms with Gasteiger partial charge < -0.3 is 9.84 Å². The fraction of sp³-hybridized carbons (Fsp3) is 0.409. The van der Waals surface area contributed by atoms with Gasteiger partial charge in [-0.3, -0.25) is 4.79 Å². The van der Waals surface area contributed by atoms with E-state index in [0.29, 0.717) is 12.2 Å². The third-order valence-electron chi connectivity index (χ3n) is 5.56. The number of carboxylic acid groups (broad SMARTS) is 1. The second kappa shape index (κ2) is 8.55. The van der Waals surface area contributed by atoms with E-state index in [1.54, 1.807) is 13.8 Å². The SMILES string of the molecule is CC(=O)SCC(C)C(=O)[N@@+]1(C(=O)O)C[C@H](Oc2ccc3ccccc3c2)C[C@H]1C. The summed E-state index contributed by atoms with van der Waals surface area (Å²) in [6.07, 6.45) is -1.07. The molecule has 0 spiro atoms. The summed E-state index contributed by atoms with van der Waals surface area (Å²) in [5, 5.41) is 12.0. The average Bonchev–Trinajstić information content (AvgIpc) is 3.02. The van der Waals surface area contributed by atoms with Gasteiger partial charge in [0.1, 0.15) is 18.3 Å². The maximum Gasteiger partial charge on any atom is 0.521 e. The van der Waals surface area contributed by atoms with Gasteiger partial charge >= 0.3 is 12.0 Å². The van der Waals surface area contributed by atoms with Gasteiger partial charge in [-0.15, -0.1) is 0 Å². The van der Waals surface area contributed by atoms with E-state index in [2.05, 4.69) is 0 Å². The van der Waals surface area contributed by atoms with Crippen LogP contribution in [0.1, 0.15) is 27.2 Å². The minimum Gasteiger partial charge on any atom is -0.484 e. The number of hydrogen-bond donors (Lipinski definition) is 1. The van der Waals surface area contributed by atoms with E-state index in [1.807, 2.05) is 42.5 Å². The Hall–Kier alpha value is -2.38. The van der Waals surface area contributed by atoms with Gasteiger partial charge in [0.05, 0.1) is 5.92 Å². The number of nitrogens with zero attached hydrogens (tertiary/aromatic N) is 1. The average molecular weight is 417 g/mol. The molecule has 1 saturated heterocycles. The second-order valence-corrected chi connectivity index (χ2v) is 8.91. The van der Waals surface area contributed by atoms with Gasteiger partial charge in [0.15, 0.2) is 11.2 Å². The Balaban J connectivity index is 1.79. The lowest BCUT2D eigenvalue weighted by Gasteiger charge is -2.31. The van der Waals surface area contributed by atoms with E-state index >= 15 is 0 Å². The number of benzene rings is 2. The molecule has 3 rings (SSSR count). The Bertz CT molecular complexity index is 946. The van der Waals surface area contributed by atoms with Crippen molar-refractivity contribution in [1.29, 1.82) is 0 Å². The van der Waals surface area contributed by atoms with Crippen LogP contribution in [0.4, 0.5) is 4.79 Å². The van der Waals surface area contributed by atoms with Crippen molar-refractivity contribution in [2.75, 3.05) is 12.3 Å². The molecule has 4 atom stereocenters. The van der Waals surface area contributed by atoms with Crippen LogP contribution in [-0.2, 0) is 9.59 Å². The number of rotatable bonds is 5. The Kier molecular flexibility index (Phi) is 6.29. The van der Waals surface area contributed by atoms with E-state index < -0.39 is 22.5 Å². The van der Waals surface area contributed by atoms with E-state index in [0.717, 1.165) is 22.5 Å². The molecule has 6 nitrogen and oxygen atoms in total. The summed E-state index contributed by atoms with van der Waals surface area (Å²) in [6, 6.07) is 13.3. The molecule has 0 bridgehead atoms. The first kappa shape index (κ1) is 21.3. The Morgan fingerprint density at radius 2 is 1.90 bits per heavy atom. The van der Waals surface area contributed by atoms with Gasteiger partial charge in [0.2, 0.25) is 0 Å². The standard InChI is InChI=1S/C22H25NO5S/c1-14(13-29-16(3)24)21(25)23(22(26)27)12-20(10-15(23)2)28-19-9-8-17-6-4-5-7-18(17)11-19/h4-9,11,14-15,20H,10,12-13H2,1-3H3/p+1/t14?,15-,20-,23-/m1/s1. The summed E-state index contributed by atoms with van der Waals surface area (Å²) in [5.41, 5.74) is 0. The van der Waals surface area contributed by atoms with Crippen LogP contribution in [0.25, 0.3) is 10.8 Å². The van der Waals surface area contributed by atoms with Crippen LogP contribution in [0, 0.1) is 5.92 Å². The smallest absolute Gasteiger partial charge is 0.484 e. The number of thioether (sulfide) groups is 1. The van der Waals surface area contributed by atoms with Crippen molar-refractivity contribution in [3.63, 3.8) is 0 Å². The normalized spacial score (nSPS) is 24.9. The summed E-state index contributed by atoms with van der Waals surface area (Å²) in [6.45, 7) is 4.98. The minimum absolute atomic E-state index is 0.0806. The topological polar surface area (TPSA) is 80.7 Å². The summed E-state index contributed by atoms with van der Waals surface area (Å²) < 4.78 is 5.44. The van der Waals surface area contributed by atoms with Crippen LogP contribution in [0.3, 0.4) is 0 Å². The highest BCUT2D eigenvalue weighted by Crippen LogP contribution is 2.34. The van der Waals surface area contributed by atoms with Crippen molar-refractivity contribution in [3.05, 3.63) is 42.5 Å². The van der Waals surface area contributed by atoms with Crippen molar-refractivity contribution in [2.24, 2.45) is 5.92 Å². The van der Waals surface area contributed by atoms with Gasteiger partial charge in [-0.2, -0.15) is 9.28 Å². The van der Waals surface area contributed by atoms with Crippen LogP contribution < -0.4 is 4.74 Å². The van der Waals surface area contributed by atoms with Gasteiger partial charge in [-0.1, -0.05) is 42.1 Å². The Labute approximate surface area is 174 Å². The van der Waals surface area contributed by atoms with E-state index in [9.17, 15) is 19.5 Å². The molecule has 0 aliphatic carbocycles. The van der Waals surface area contributed by atoms with Gasteiger partial charge in [0.25, 0.3) is 0 Å². The lowest BCUT2D eigenvalue weighted by atomic mass is 10.1. The van der Waals surface area contributed by atoms with Crippen LogP contribution in [0.5, 0.6) is 5.75 Å². The number of ether oxygens (including phenoxy) is 1. The molecule has 2 amide bonds. The molecule has 154 valence electrons. The zero-order valence-electron chi connectivity index (χ0n) is 16.8. The molecule has 2 aromatic carbocycles. The molecule has 1 aliphatic rings. The molecule has 1 heterocycles. The number of hydrogen-bond acceptors (Lipinski definition) is 5. The molecule has 1 N–H and O–H groups in total. The van der Waals surface area contributed by atoms with Crippen LogP contribution >= 0.6 is 11.8 Å². The second-order valence-electron chi connectivity index (χ2n) is 7.71. The molecular formula is C22H26NO5S+. The number of amides is 2. The van der Waals surface area contributed by atoms with Crippen LogP contribution in [0.15, 0.2) is 42.5 Å². The van der Waals surface area contributed by atoms with Crippen molar-refractivity contribution in [3.8, 4) is 5.75 Å². The highest BCUT2D eigenvalue weighted by molar-refractivity contribution is 8.13. The zero-order valence-corrected chi connectivity index (χ0v) is 17.6. The fourth-order valence-electron chi connectivity index (χ4n) is 4.03. The molecule has 2 aromatic rings. The number of quaternary nitrogens is 1. The summed E-state index contributed by atoms with van der Waals surface area (Å²) in [7, 11) is 0. The summed E-state index contributed by atoms with van der Waals surface area (Å²) in [4.78, 5) is 36.6. The number of imide groups is 1. The molecule has 0 saturated carbocycles. The van der Waals surface area contributed by atoms with Crippen molar-refractivity contribution in [1.82, 2.24) is 0 Å². The van der Waals surface area contributed by atoms with E-state index in [-0.39, 0.29) is 29.4 Å². The predicted molar refractivity (Wildman–Crippen MR) is 113 cm³/mol. The summed E-state index contributed by atoms with van der Waals surface area (Å²) in [5.74, 6) is 0.0360. The Morgan fingerprint density at radius 3 is 2.55 bits per heavy atom. The monoisotopic (exact) mass is 416 g/mol. The van der Waals surface area contributed by atoms with Crippen LogP contribution in [0.2, 0.25) is 0 Å². The molecule has 1 fully saturated rings. The number of carbonyl (C=O) groups excluding carboxylic acids is 2. The maximum absolute atomic E-state index is 13.1.